The Labute approximate surface area is 107 Å². The molecule has 94 valence electrons. The summed E-state index contributed by atoms with van der Waals surface area (Å²) in [5.74, 6) is 0.752. The van der Waals surface area contributed by atoms with E-state index >= 15 is 0 Å². The van der Waals surface area contributed by atoms with Gasteiger partial charge in [-0.25, -0.2) is 0 Å². The Bertz CT molecular complexity index is 404. The molecule has 0 bridgehead atoms. The van der Waals surface area contributed by atoms with Crippen molar-refractivity contribution in [2.75, 3.05) is 20.8 Å². The molecule has 0 saturated heterocycles. The maximum atomic E-state index is 9.50. The Kier molecular flexibility index (Phi) is 3.61. The summed E-state index contributed by atoms with van der Waals surface area (Å²) in [6.07, 6.45) is 2.08. The summed E-state index contributed by atoms with van der Waals surface area (Å²) in [6.45, 7) is 0.195. The van der Waals surface area contributed by atoms with Crippen molar-refractivity contribution in [3.63, 3.8) is 0 Å². The van der Waals surface area contributed by atoms with Crippen LogP contribution in [0.25, 0.3) is 0 Å². The summed E-state index contributed by atoms with van der Waals surface area (Å²) < 4.78 is 5.14. The molecule has 0 amide bonds. The molecule has 1 aromatic rings. The first-order valence-corrected chi connectivity index (χ1v) is 6.16. The number of benzene rings is 1. The highest BCUT2D eigenvalue weighted by Gasteiger charge is 2.49. The molecule has 0 aromatic heterocycles. The molecule has 2 rings (SSSR count). The summed E-state index contributed by atoms with van der Waals surface area (Å²) in [5, 5.41) is 13.5. The number of hydrogen-bond donors (Lipinski definition) is 2. The second-order valence-electron chi connectivity index (χ2n) is 4.63. The van der Waals surface area contributed by atoms with Gasteiger partial charge in [0.25, 0.3) is 0 Å². The average molecular weight is 256 g/mol. The first-order chi connectivity index (χ1) is 8.16. The fourth-order valence-electron chi connectivity index (χ4n) is 2.36. The van der Waals surface area contributed by atoms with Crippen molar-refractivity contribution in [1.29, 1.82) is 0 Å². The van der Waals surface area contributed by atoms with E-state index in [2.05, 4.69) is 5.32 Å². The van der Waals surface area contributed by atoms with Crippen LogP contribution in [0.3, 0.4) is 0 Å². The summed E-state index contributed by atoms with van der Waals surface area (Å²) in [5.41, 5.74) is 0.994. The van der Waals surface area contributed by atoms with Gasteiger partial charge in [-0.1, -0.05) is 17.7 Å². The first-order valence-electron chi connectivity index (χ1n) is 5.78. The van der Waals surface area contributed by atoms with Crippen molar-refractivity contribution in [2.24, 2.45) is 5.41 Å². The molecule has 4 heteroatoms. The van der Waals surface area contributed by atoms with Crippen LogP contribution in [0.1, 0.15) is 24.4 Å². The number of methoxy groups -OCH3 is 1. The normalized spacial score (nSPS) is 18.8. The van der Waals surface area contributed by atoms with E-state index in [1.807, 2.05) is 25.2 Å². The number of aliphatic hydroxyl groups excluding tert-OH is 1. The fraction of sp³-hybridized carbons (Fsp3) is 0.538. The van der Waals surface area contributed by atoms with Gasteiger partial charge < -0.3 is 15.2 Å². The first kappa shape index (κ1) is 12.7. The summed E-state index contributed by atoms with van der Waals surface area (Å²) in [4.78, 5) is 0. The molecule has 0 spiro atoms. The summed E-state index contributed by atoms with van der Waals surface area (Å²) in [7, 11) is 3.53. The lowest BCUT2D eigenvalue weighted by Crippen LogP contribution is -2.29. The minimum atomic E-state index is -0.0347. The van der Waals surface area contributed by atoms with Crippen LogP contribution in [0, 0.1) is 5.41 Å². The zero-order valence-corrected chi connectivity index (χ0v) is 10.9. The van der Waals surface area contributed by atoms with Crippen LogP contribution in [0.5, 0.6) is 5.75 Å². The predicted octanol–water partition coefficient (Wildman–Crippen LogP) is 2.38. The highest BCUT2D eigenvalue weighted by atomic mass is 35.5. The number of aliphatic hydroxyl groups is 1. The lowest BCUT2D eigenvalue weighted by Gasteiger charge is -2.26. The molecule has 3 nitrogen and oxygen atoms in total. The molecule has 1 aliphatic carbocycles. The van der Waals surface area contributed by atoms with E-state index in [9.17, 15) is 5.11 Å². The van der Waals surface area contributed by atoms with Gasteiger partial charge in [0.1, 0.15) is 5.75 Å². The highest BCUT2D eigenvalue weighted by Crippen LogP contribution is 2.55. The minimum absolute atomic E-state index is 0.0347. The van der Waals surface area contributed by atoms with E-state index in [1.165, 1.54) is 0 Å². The molecule has 0 heterocycles. The molecule has 0 radical (unpaired) electrons. The molecule has 1 aliphatic rings. The van der Waals surface area contributed by atoms with Gasteiger partial charge in [-0.2, -0.15) is 0 Å². The molecule has 2 N–H and O–H groups in total. The SMILES string of the molecule is CNC(c1ccc(OC)cc1Cl)C1(CO)CC1. The molecule has 0 aliphatic heterocycles. The van der Waals surface area contributed by atoms with E-state index < -0.39 is 0 Å². The van der Waals surface area contributed by atoms with Crippen molar-refractivity contribution in [1.82, 2.24) is 5.32 Å². The number of hydrogen-bond acceptors (Lipinski definition) is 3. The number of ether oxygens (including phenoxy) is 1. The maximum absolute atomic E-state index is 9.50. The molecular formula is C13H18ClNO2. The van der Waals surface area contributed by atoms with Gasteiger partial charge in [0.2, 0.25) is 0 Å². The van der Waals surface area contributed by atoms with Gasteiger partial charge >= 0.3 is 0 Å². The minimum Gasteiger partial charge on any atom is -0.497 e. The third-order valence-corrected chi connectivity index (χ3v) is 3.95. The zero-order chi connectivity index (χ0) is 12.5. The van der Waals surface area contributed by atoms with E-state index in [0.29, 0.717) is 5.02 Å². The number of halogens is 1. The van der Waals surface area contributed by atoms with Crippen LogP contribution in [0.15, 0.2) is 18.2 Å². The Hall–Kier alpha value is -0.770. The van der Waals surface area contributed by atoms with Crippen molar-refractivity contribution < 1.29 is 9.84 Å². The summed E-state index contributed by atoms with van der Waals surface area (Å²) in [6, 6.07) is 5.79. The van der Waals surface area contributed by atoms with E-state index in [0.717, 1.165) is 24.2 Å². The molecule has 1 unspecified atom stereocenters. The standard InChI is InChI=1S/C13H18ClNO2/c1-15-12(13(8-16)5-6-13)10-4-3-9(17-2)7-11(10)14/h3-4,7,12,15-16H,5-6,8H2,1-2H3. The Morgan fingerprint density at radius 1 is 1.53 bits per heavy atom. The Morgan fingerprint density at radius 3 is 2.65 bits per heavy atom. The third kappa shape index (κ3) is 2.28. The van der Waals surface area contributed by atoms with Crippen molar-refractivity contribution in [3.8, 4) is 5.75 Å². The molecule has 17 heavy (non-hydrogen) atoms. The van der Waals surface area contributed by atoms with Crippen molar-refractivity contribution in [2.45, 2.75) is 18.9 Å². The second-order valence-corrected chi connectivity index (χ2v) is 5.04. The van der Waals surface area contributed by atoms with Crippen molar-refractivity contribution >= 4 is 11.6 Å². The largest absolute Gasteiger partial charge is 0.497 e. The molecule has 1 saturated carbocycles. The zero-order valence-electron chi connectivity index (χ0n) is 10.2. The Morgan fingerprint density at radius 2 is 2.24 bits per heavy atom. The van der Waals surface area contributed by atoms with E-state index in [-0.39, 0.29) is 18.1 Å². The quantitative estimate of drug-likeness (QED) is 0.849. The topological polar surface area (TPSA) is 41.5 Å². The van der Waals surface area contributed by atoms with Crippen LogP contribution in [0.4, 0.5) is 0 Å². The van der Waals surface area contributed by atoms with E-state index in [4.69, 9.17) is 16.3 Å². The van der Waals surface area contributed by atoms with Crippen LogP contribution >= 0.6 is 11.6 Å². The molecular weight excluding hydrogens is 238 g/mol. The van der Waals surface area contributed by atoms with Crippen LogP contribution in [0.2, 0.25) is 5.02 Å². The van der Waals surface area contributed by atoms with Crippen molar-refractivity contribution in [3.05, 3.63) is 28.8 Å². The lowest BCUT2D eigenvalue weighted by molar-refractivity contribution is 0.175. The van der Waals surface area contributed by atoms with E-state index in [1.54, 1.807) is 7.11 Å². The summed E-state index contributed by atoms with van der Waals surface area (Å²) >= 11 is 6.27. The van der Waals surface area contributed by atoms with Crippen LogP contribution < -0.4 is 10.1 Å². The number of rotatable bonds is 5. The molecule has 1 aromatic carbocycles. The third-order valence-electron chi connectivity index (χ3n) is 3.63. The van der Waals surface area contributed by atoms with Gasteiger partial charge in [-0.05, 0) is 37.6 Å². The maximum Gasteiger partial charge on any atom is 0.120 e. The highest BCUT2D eigenvalue weighted by molar-refractivity contribution is 6.31. The van der Waals surface area contributed by atoms with Gasteiger partial charge in [-0.3, -0.25) is 0 Å². The Balaban J connectivity index is 2.31. The lowest BCUT2D eigenvalue weighted by atomic mass is 9.90. The molecule has 1 fully saturated rings. The average Bonchev–Trinajstić information content (AvgIpc) is 3.13. The molecule has 1 atom stereocenters. The van der Waals surface area contributed by atoms with Crippen LogP contribution in [-0.4, -0.2) is 25.9 Å². The fourth-order valence-corrected chi connectivity index (χ4v) is 2.64. The monoisotopic (exact) mass is 255 g/mol. The van der Waals surface area contributed by atoms with Gasteiger partial charge in [-0.15, -0.1) is 0 Å². The predicted molar refractivity (Wildman–Crippen MR) is 68.6 cm³/mol. The van der Waals surface area contributed by atoms with Crippen LogP contribution in [-0.2, 0) is 0 Å². The smallest absolute Gasteiger partial charge is 0.120 e. The van der Waals surface area contributed by atoms with Gasteiger partial charge in [0.15, 0.2) is 0 Å². The van der Waals surface area contributed by atoms with Gasteiger partial charge in [0, 0.05) is 16.5 Å². The second kappa shape index (κ2) is 4.84. The van der Waals surface area contributed by atoms with Gasteiger partial charge in [0.05, 0.1) is 13.7 Å². The number of nitrogens with one attached hydrogen (secondary N) is 1.